The maximum Gasteiger partial charge on any atom is 0.294 e. The number of hydrogen-bond acceptors (Lipinski definition) is 8. The molecule has 144 valence electrons. The van der Waals surface area contributed by atoms with Gasteiger partial charge in [-0.25, -0.2) is 0 Å². The Morgan fingerprint density at radius 2 is 1.42 bits per heavy atom. The van der Waals surface area contributed by atoms with Gasteiger partial charge in [-0.2, -0.15) is 25.3 Å². The van der Waals surface area contributed by atoms with Gasteiger partial charge in [-0.1, -0.05) is 12.1 Å². The van der Waals surface area contributed by atoms with Crippen LogP contribution in [0.4, 0.5) is 5.69 Å². The molecule has 0 spiro atoms. The molecule has 0 unspecified atom stereocenters. The predicted molar refractivity (Wildman–Crippen MR) is 90.3 cm³/mol. The summed E-state index contributed by atoms with van der Waals surface area (Å²) in [6.45, 7) is 0. The molecule has 0 atom stereocenters. The Bertz CT molecular complexity index is 1210. The lowest BCUT2D eigenvalue weighted by Gasteiger charge is -2.15. The van der Waals surface area contributed by atoms with Crippen molar-refractivity contribution in [3.8, 4) is 5.75 Å². The Morgan fingerprint density at radius 3 is 1.88 bits per heavy atom. The van der Waals surface area contributed by atoms with E-state index in [1.54, 1.807) is 0 Å². The topological polar surface area (TPSA) is 209 Å². The maximum absolute atomic E-state index is 11.5. The highest BCUT2D eigenvalue weighted by Gasteiger charge is 2.26. The lowest BCUT2D eigenvalue weighted by atomic mass is 10.0. The minimum atomic E-state index is -4.98. The minimum Gasteiger partial charge on any atom is -0.507 e. The first kappa shape index (κ1) is 20.3. The molecule has 11 nitrogen and oxygen atoms in total. The van der Waals surface area contributed by atoms with E-state index in [4.69, 9.17) is 14.8 Å². The van der Waals surface area contributed by atoms with Crippen molar-refractivity contribution in [1.29, 1.82) is 0 Å². The average molecular weight is 427 g/mol. The number of phenolic OH excluding ortho intramolecular Hbond substituents is 1. The first-order valence-corrected chi connectivity index (χ1v) is 11.2. The number of phenols is 1. The van der Waals surface area contributed by atoms with Crippen LogP contribution < -0.4 is 5.73 Å². The van der Waals surface area contributed by atoms with E-state index in [0.29, 0.717) is 0 Å². The molecule has 0 aliphatic heterocycles. The van der Waals surface area contributed by atoms with Crippen LogP contribution in [0.2, 0.25) is 0 Å². The van der Waals surface area contributed by atoms with Gasteiger partial charge in [-0.15, -0.1) is 0 Å². The van der Waals surface area contributed by atoms with E-state index in [-0.39, 0.29) is 22.0 Å². The quantitative estimate of drug-likeness (QED) is 0.320. The van der Waals surface area contributed by atoms with E-state index in [0.717, 1.165) is 18.2 Å². The summed E-state index contributed by atoms with van der Waals surface area (Å²) in [5, 5.41) is 9.95. The zero-order valence-corrected chi connectivity index (χ0v) is 15.1. The Morgan fingerprint density at radius 1 is 0.885 bits per heavy atom. The van der Waals surface area contributed by atoms with Crippen LogP contribution in [-0.4, -0.2) is 44.0 Å². The molecule has 0 saturated heterocycles. The zero-order chi connectivity index (χ0) is 20.1. The molecule has 14 heteroatoms. The number of anilines is 1. The number of nitrogen functional groups attached to an aromatic ring is 1. The normalized spacial score (nSPS) is 13.2. The van der Waals surface area contributed by atoms with E-state index in [9.17, 15) is 34.9 Å². The second-order valence-electron chi connectivity index (χ2n) is 5.37. The number of hydrogen-bond donors (Lipinski definition) is 5. The molecule has 0 aromatic heterocycles. The summed E-state index contributed by atoms with van der Waals surface area (Å²) in [6, 6.07) is 3.09. The minimum absolute atomic E-state index is 0.0641. The second kappa shape index (κ2) is 6.33. The van der Waals surface area contributed by atoms with Gasteiger partial charge in [0, 0.05) is 16.6 Å². The number of benzene rings is 2. The molecule has 0 heterocycles. The van der Waals surface area contributed by atoms with Crippen molar-refractivity contribution in [2.45, 2.75) is 16.4 Å². The third-order valence-corrected chi connectivity index (χ3v) is 5.67. The van der Waals surface area contributed by atoms with Gasteiger partial charge in [-0.05, 0) is 17.0 Å². The van der Waals surface area contributed by atoms with Crippen LogP contribution in [0.3, 0.4) is 0 Å². The highest BCUT2D eigenvalue weighted by molar-refractivity contribution is 7.86. The Hall–Kier alpha value is -1.97. The molecule has 2 aromatic carbocycles. The molecule has 0 radical (unpaired) electrons. The number of rotatable bonds is 5. The van der Waals surface area contributed by atoms with Crippen LogP contribution in [0.5, 0.6) is 5.75 Å². The Labute approximate surface area is 148 Å². The largest absolute Gasteiger partial charge is 0.507 e. The number of aromatic hydroxyl groups is 1. The zero-order valence-electron chi connectivity index (χ0n) is 12.7. The van der Waals surface area contributed by atoms with E-state index in [1.807, 2.05) is 0 Å². The van der Waals surface area contributed by atoms with Crippen molar-refractivity contribution in [3.05, 3.63) is 29.3 Å². The molecule has 0 fully saturated rings. The number of fused-ring (bicyclic) bond motifs is 1. The molecular weight excluding hydrogens is 414 g/mol. The summed E-state index contributed by atoms with van der Waals surface area (Å²) in [7, 11) is -14.3. The van der Waals surface area contributed by atoms with E-state index in [1.165, 1.54) is 0 Å². The van der Waals surface area contributed by atoms with Crippen LogP contribution >= 0.6 is 0 Å². The molecule has 0 aliphatic carbocycles. The van der Waals surface area contributed by atoms with Crippen LogP contribution in [0.15, 0.2) is 23.1 Å². The van der Waals surface area contributed by atoms with Gasteiger partial charge >= 0.3 is 0 Å². The van der Waals surface area contributed by atoms with Crippen LogP contribution in [0.25, 0.3) is 10.8 Å². The smallest absolute Gasteiger partial charge is 0.294 e. The lowest BCUT2D eigenvalue weighted by Crippen LogP contribution is -2.10. The van der Waals surface area contributed by atoms with Gasteiger partial charge in [0.2, 0.25) is 0 Å². The van der Waals surface area contributed by atoms with Crippen LogP contribution in [0, 0.1) is 0 Å². The van der Waals surface area contributed by atoms with Gasteiger partial charge in [0.1, 0.15) is 22.2 Å². The molecular formula is C12H13NO10S3. The van der Waals surface area contributed by atoms with Crippen molar-refractivity contribution in [1.82, 2.24) is 0 Å². The van der Waals surface area contributed by atoms with E-state index < -0.39 is 58.1 Å². The molecule has 6 N–H and O–H groups in total. The van der Waals surface area contributed by atoms with Gasteiger partial charge < -0.3 is 10.8 Å². The van der Waals surface area contributed by atoms with Crippen molar-refractivity contribution in [2.24, 2.45) is 0 Å². The first-order valence-electron chi connectivity index (χ1n) is 6.54. The summed E-state index contributed by atoms with van der Waals surface area (Å²) < 4.78 is 94.5. The number of nitrogens with two attached hydrogens (primary N) is 1. The fourth-order valence-electron chi connectivity index (χ4n) is 2.43. The Kier molecular flexibility index (Phi) is 4.95. The molecule has 26 heavy (non-hydrogen) atoms. The van der Waals surface area contributed by atoms with Gasteiger partial charge in [-0.3, -0.25) is 13.7 Å². The third-order valence-electron chi connectivity index (χ3n) is 3.42. The fraction of sp³-hybridized carbons (Fsp3) is 0.167. The molecule has 2 aromatic rings. The fourth-order valence-corrected chi connectivity index (χ4v) is 4.58. The summed E-state index contributed by atoms with van der Waals surface area (Å²) in [5.74, 6) is -3.25. The summed E-state index contributed by atoms with van der Waals surface area (Å²) in [6.07, 6.45) is 0. The first-order chi connectivity index (χ1) is 11.6. The Balaban J connectivity index is 2.94. The summed E-state index contributed by atoms with van der Waals surface area (Å²) >= 11 is 0. The third kappa shape index (κ3) is 4.40. The van der Waals surface area contributed by atoms with E-state index >= 15 is 0 Å². The van der Waals surface area contributed by atoms with Crippen molar-refractivity contribution < 1.29 is 44.0 Å². The predicted octanol–water partition coefficient (Wildman–Crippen LogP) is 0.150. The standard InChI is InChI=1S/C12H13NO10S3/c13-11-7(4-24(15,16)17)2-1-6-3-9(26(21,22)23)8(5-25(18,19)20)12(14)10(6)11/h1-3,14H,4-5,13H2,(H,15,16,17)(H,18,19,20)(H,21,22,23). The molecule has 0 amide bonds. The SMILES string of the molecule is Nc1c(CS(=O)(=O)O)ccc2cc(S(=O)(=O)O)c(CS(=O)(=O)O)c(O)c12. The molecule has 2 rings (SSSR count). The van der Waals surface area contributed by atoms with Crippen molar-refractivity contribution in [2.75, 3.05) is 5.73 Å². The summed E-state index contributed by atoms with van der Waals surface area (Å²) in [4.78, 5) is -0.970. The van der Waals surface area contributed by atoms with Gasteiger partial charge in [0.05, 0.1) is 0 Å². The second-order valence-corrected chi connectivity index (χ2v) is 9.66. The molecule has 0 bridgehead atoms. The van der Waals surface area contributed by atoms with Crippen molar-refractivity contribution >= 4 is 46.8 Å². The highest BCUT2D eigenvalue weighted by atomic mass is 32.2. The lowest BCUT2D eigenvalue weighted by molar-refractivity contribution is 0.459. The highest BCUT2D eigenvalue weighted by Crippen LogP contribution is 2.39. The van der Waals surface area contributed by atoms with Gasteiger partial charge in [0.15, 0.2) is 0 Å². The van der Waals surface area contributed by atoms with Crippen molar-refractivity contribution in [3.63, 3.8) is 0 Å². The van der Waals surface area contributed by atoms with E-state index in [2.05, 4.69) is 0 Å². The molecule has 0 aliphatic rings. The molecule has 0 saturated carbocycles. The average Bonchev–Trinajstić information content (AvgIpc) is 2.40. The maximum atomic E-state index is 11.5. The summed E-state index contributed by atoms with van der Waals surface area (Å²) in [5.41, 5.74) is 4.40. The van der Waals surface area contributed by atoms with Crippen LogP contribution in [0.1, 0.15) is 11.1 Å². The monoisotopic (exact) mass is 427 g/mol. The van der Waals surface area contributed by atoms with Crippen LogP contribution in [-0.2, 0) is 41.9 Å². The van der Waals surface area contributed by atoms with Gasteiger partial charge in [0.25, 0.3) is 30.4 Å².